The molecule has 0 N–H and O–H groups in total. The Balaban J connectivity index is 2.40. The fourth-order valence-corrected chi connectivity index (χ4v) is 2.18. The summed E-state index contributed by atoms with van der Waals surface area (Å²) in [4.78, 5) is 8.46. The van der Waals surface area contributed by atoms with Crippen LogP contribution in [0.2, 0.25) is 5.15 Å². The van der Waals surface area contributed by atoms with Crippen LogP contribution in [0, 0.1) is 13.8 Å². The maximum atomic E-state index is 6.08. The van der Waals surface area contributed by atoms with E-state index in [1.807, 2.05) is 25.1 Å². The monoisotopic (exact) mass is 290 g/mol. The molecule has 0 bridgehead atoms. The lowest BCUT2D eigenvalue weighted by Gasteiger charge is -2.16. The molecule has 3 nitrogen and oxygen atoms in total. The average molecular weight is 291 g/mol. The smallest absolute Gasteiger partial charge is 0.226 e. The normalized spacial score (nSPS) is 12.2. The van der Waals surface area contributed by atoms with Crippen molar-refractivity contribution in [2.45, 2.75) is 40.0 Å². The molecule has 0 radical (unpaired) electrons. The Morgan fingerprint density at radius 3 is 2.60 bits per heavy atom. The Hall–Kier alpha value is -1.61. The summed E-state index contributed by atoms with van der Waals surface area (Å²) in [6.45, 7) is 8.02. The van der Waals surface area contributed by atoms with Crippen LogP contribution in [0.3, 0.4) is 0 Å². The minimum atomic E-state index is 0.435. The predicted molar refractivity (Wildman–Crippen MR) is 81.7 cm³/mol. The number of benzene rings is 1. The van der Waals surface area contributed by atoms with Gasteiger partial charge >= 0.3 is 0 Å². The van der Waals surface area contributed by atoms with Gasteiger partial charge < -0.3 is 4.74 Å². The number of hydrogen-bond donors (Lipinski definition) is 0. The van der Waals surface area contributed by atoms with Crippen LogP contribution < -0.4 is 4.74 Å². The van der Waals surface area contributed by atoms with Gasteiger partial charge in [0.1, 0.15) is 16.7 Å². The molecule has 0 fully saturated rings. The van der Waals surface area contributed by atoms with Crippen LogP contribution in [0.5, 0.6) is 11.6 Å². The summed E-state index contributed by atoms with van der Waals surface area (Å²) in [6.07, 6.45) is 1.06. The van der Waals surface area contributed by atoms with Crippen LogP contribution in [0.1, 0.15) is 43.1 Å². The third-order valence-electron chi connectivity index (χ3n) is 3.42. The number of rotatable bonds is 4. The zero-order valence-corrected chi connectivity index (χ0v) is 13.0. The van der Waals surface area contributed by atoms with Gasteiger partial charge in [0.05, 0.1) is 0 Å². The molecule has 0 saturated heterocycles. The average Bonchev–Trinajstić information content (AvgIpc) is 2.44. The molecule has 1 aromatic carbocycles. The van der Waals surface area contributed by atoms with Crippen molar-refractivity contribution in [3.8, 4) is 11.6 Å². The minimum Gasteiger partial charge on any atom is -0.438 e. The zero-order chi connectivity index (χ0) is 14.7. The lowest BCUT2D eigenvalue weighted by atomic mass is 9.98. The van der Waals surface area contributed by atoms with Crippen LogP contribution in [0.4, 0.5) is 0 Å². The first-order valence-corrected chi connectivity index (χ1v) is 7.18. The summed E-state index contributed by atoms with van der Waals surface area (Å²) < 4.78 is 5.99. The molecule has 0 saturated carbocycles. The first-order valence-electron chi connectivity index (χ1n) is 6.80. The van der Waals surface area contributed by atoms with E-state index in [2.05, 4.69) is 29.9 Å². The maximum absolute atomic E-state index is 6.08. The van der Waals surface area contributed by atoms with Crippen LogP contribution in [-0.2, 0) is 0 Å². The molecule has 1 atom stereocenters. The quantitative estimate of drug-likeness (QED) is 0.739. The number of aromatic nitrogens is 2. The summed E-state index contributed by atoms with van der Waals surface area (Å²) in [6, 6.07) is 8.05. The topological polar surface area (TPSA) is 35.0 Å². The van der Waals surface area contributed by atoms with Crippen molar-refractivity contribution in [3.63, 3.8) is 0 Å². The second-order valence-corrected chi connectivity index (χ2v) is 5.30. The molecule has 106 valence electrons. The van der Waals surface area contributed by atoms with Crippen molar-refractivity contribution < 1.29 is 4.74 Å². The van der Waals surface area contributed by atoms with E-state index in [0.717, 1.165) is 17.7 Å². The fraction of sp³-hybridized carbons (Fsp3) is 0.375. The number of para-hydroxylation sites is 1. The van der Waals surface area contributed by atoms with Gasteiger partial charge in [-0.3, -0.25) is 0 Å². The molecule has 2 aromatic rings. The molecule has 0 aliphatic rings. The number of halogens is 1. The second-order valence-electron chi connectivity index (χ2n) is 4.94. The Labute approximate surface area is 125 Å². The van der Waals surface area contributed by atoms with Crippen LogP contribution >= 0.6 is 11.6 Å². The first kappa shape index (κ1) is 14.8. The van der Waals surface area contributed by atoms with Crippen molar-refractivity contribution in [1.29, 1.82) is 0 Å². The highest BCUT2D eigenvalue weighted by molar-refractivity contribution is 6.30. The van der Waals surface area contributed by atoms with Crippen molar-refractivity contribution >= 4 is 11.6 Å². The first-order chi connectivity index (χ1) is 9.52. The van der Waals surface area contributed by atoms with E-state index in [9.17, 15) is 0 Å². The minimum absolute atomic E-state index is 0.435. The van der Waals surface area contributed by atoms with E-state index in [1.165, 1.54) is 5.56 Å². The number of ether oxygens (including phenoxy) is 1. The summed E-state index contributed by atoms with van der Waals surface area (Å²) in [5.74, 6) is 2.40. The van der Waals surface area contributed by atoms with E-state index in [-0.39, 0.29) is 0 Å². The van der Waals surface area contributed by atoms with Gasteiger partial charge in [0.25, 0.3) is 0 Å². The number of hydrogen-bond acceptors (Lipinski definition) is 3. The number of nitrogens with zero attached hydrogens (tertiary/aromatic N) is 2. The number of aryl methyl sites for hydroxylation is 1. The van der Waals surface area contributed by atoms with Crippen LogP contribution in [-0.4, -0.2) is 9.97 Å². The Morgan fingerprint density at radius 1 is 1.20 bits per heavy atom. The largest absolute Gasteiger partial charge is 0.438 e. The van der Waals surface area contributed by atoms with Gasteiger partial charge in [-0.05, 0) is 37.8 Å². The third-order valence-corrected chi connectivity index (χ3v) is 3.79. The highest BCUT2D eigenvalue weighted by Gasteiger charge is 2.14. The maximum Gasteiger partial charge on any atom is 0.226 e. The fourth-order valence-electron chi connectivity index (χ4n) is 1.97. The molecule has 1 heterocycles. The van der Waals surface area contributed by atoms with E-state index in [4.69, 9.17) is 16.3 Å². The van der Waals surface area contributed by atoms with Gasteiger partial charge in [0.2, 0.25) is 5.88 Å². The van der Waals surface area contributed by atoms with Crippen molar-refractivity contribution in [2.75, 3.05) is 0 Å². The Kier molecular flexibility index (Phi) is 4.61. The molecule has 2 rings (SSSR count). The standard InChI is InChI=1S/C16H19ClN2O/c1-5-10(2)13-8-6-7-9-14(13)20-16-11(3)15(17)18-12(4)19-16/h6-10H,5H2,1-4H3. The summed E-state index contributed by atoms with van der Waals surface area (Å²) >= 11 is 6.08. The molecule has 0 spiro atoms. The predicted octanol–water partition coefficient (Wildman–Crippen LogP) is 5.05. The van der Waals surface area contributed by atoms with Gasteiger partial charge in [0, 0.05) is 5.56 Å². The van der Waals surface area contributed by atoms with Crippen molar-refractivity contribution in [2.24, 2.45) is 0 Å². The molecule has 0 aliphatic heterocycles. The lowest BCUT2D eigenvalue weighted by molar-refractivity contribution is 0.445. The summed E-state index contributed by atoms with van der Waals surface area (Å²) in [5, 5.41) is 0.438. The van der Waals surface area contributed by atoms with Crippen LogP contribution in [0.25, 0.3) is 0 Å². The molecule has 0 amide bonds. The Bertz CT molecular complexity index is 613. The summed E-state index contributed by atoms with van der Waals surface area (Å²) in [5.41, 5.74) is 1.94. The molecule has 4 heteroatoms. The molecular weight excluding hydrogens is 272 g/mol. The van der Waals surface area contributed by atoms with Gasteiger partial charge in [-0.1, -0.05) is 43.6 Å². The molecule has 0 aliphatic carbocycles. The van der Waals surface area contributed by atoms with Gasteiger partial charge in [-0.25, -0.2) is 4.98 Å². The van der Waals surface area contributed by atoms with Gasteiger partial charge in [-0.15, -0.1) is 0 Å². The highest BCUT2D eigenvalue weighted by atomic mass is 35.5. The van der Waals surface area contributed by atoms with Gasteiger partial charge in [0.15, 0.2) is 0 Å². The van der Waals surface area contributed by atoms with Crippen molar-refractivity contribution in [3.05, 3.63) is 46.4 Å². The van der Waals surface area contributed by atoms with E-state index in [0.29, 0.717) is 22.8 Å². The highest BCUT2D eigenvalue weighted by Crippen LogP contribution is 2.33. The molecule has 20 heavy (non-hydrogen) atoms. The van der Waals surface area contributed by atoms with E-state index in [1.54, 1.807) is 6.92 Å². The van der Waals surface area contributed by atoms with E-state index >= 15 is 0 Å². The van der Waals surface area contributed by atoms with Crippen molar-refractivity contribution in [1.82, 2.24) is 9.97 Å². The molecule has 1 aromatic heterocycles. The molecule has 1 unspecified atom stereocenters. The molecular formula is C16H19ClN2O. The van der Waals surface area contributed by atoms with Crippen LogP contribution in [0.15, 0.2) is 24.3 Å². The SMILES string of the molecule is CCC(C)c1ccccc1Oc1nc(C)nc(Cl)c1C. The van der Waals surface area contributed by atoms with E-state index < -0.39 is 0 Å². The lowest BCUT2D eigenvalue weighted by Crippen LogP contribution is -2.01. The van der Waals surface area contributed by atoms with Gasteiger partial charge in [-0.2, -0.15) is 4.98 Å². The second kappa shape index (κ2) is 6.23. The third kappa shape index (κ3) is 3.10. The Morgan fingerprint density at radius 2 is 1.90 bits per heavy atom. The summed E-state index contributed by atoms with van der Waals surface area (Å²) in [7, 11) is 0. The zero-order valence-electron chi connectivity index (χ0n) is 12.3.